The number of imidazole rings is 1. The van der Waals surface area contributed by atoms with Gasteiger partial charge < -0.3 is 4.74 Å². The molecule has 0 unspecified atom stereocenters. The first-order chi connectivity index (χ1) is 9.74. The number of benzene rings is 1. The molecule has 100 valence electrons. The highest BCUT2D eigenvalue weighted by molar-refractivity contribution is 5.88. The largest absolute Gasteiger partial charge is 0.496 e. The number of carbonyl (C=O) groups excluding carboxylic acids is 1. The smallest absolute Gasteiger partial charge is 0.169 e. The molecule has 0 fully saturated rings. The van der Waals surface area contributed by atoms with E-state index in [1.54, 1.807) is 11.5 Å². The molecule has 0 aliphatic carbocycles. The molecule has 3 aromatic rings. The van der Waals surface area contributed by atoms with Gasteiger partial charge in [-0.2, -0.15) is 0 Å². The molecule has 0 saturated heterocycles. The van der Waals surface area contributed by atoms with Gasteiger partial charge in [0, 0.05) is 11.8 Å². The van der Waals surface area contributed by atoms with Crippen LogP contribution in [0.5, 0.6) is 5.75 Å². The molecule has 4 heteroatoms. The van der Waals surface area contributed by atoms with Crippen LogP contribution in [-0.2, 0) is 0 Å². The molecule has 0 aliphatic heterocycles. The summed E-state index contributed by atoms with van der Waals surface area (Å²) in [5.74, 6) is 0.710. The summed E-state index contributed by atoms with van der Waals surface area (Å²) in [6.07, 6.45) is 2.66. The van der Waals surface area contributed by atoms with Crippen LogP contribution in [0, 0.1) is 6.92 Å². The Balaban J connectivity index is 2.34. The Labute approximate surface area is 116 Å². The van der Waals surface area contributed by atoms with Crippen molar-refractivity contribution < 1.29 is 9.53 Å². The van der Waals surface area contributed by atoms with Crippen LogP contribution in [0.1, 0.15) is 16.1 Å². The predicted molar refractivity (Wildman–Crippen MR) is 77.3 cm³/mol. The van der Waals surface area contributed by atoms with Gasteiger partial charge in [0.05, 0.1) is 7.11 Å². The van der Waals surface area contributed by atoms with Gasteiger partial charge in [0.15, 0.2) is 6.29 Å². The minimum absolute atomic E-state index is 0.532. The van der Waals surface area contributed by atoms with E-state index in [0.29, 0.717) is 17.1 Å². The summed E-state index contributed by atoms with van der Waals surface area (Å²) < 4.78 is 7.17. The lowest BCUT2D eigenvalue weighted by molar-refractivity contribution is 0.111. The fraction of sp³-hybridized carbons (Fsp3) is 0.125. The normalized spacial score (nSPS) is 10.7. The Morgan fingerprint density at radius 3 is 2.85 bits per heavy atom. The van der Waals surface area contributed by atoms with Crippen LogP contribution in [0.3, 0.4) is 0 Å². The number of aryl methyl sites for hydroxylation is 1. The zero-order chi connectivity index (χ0) is 14.1. The third kappa shape index (κ3) is 1.86. The highest BCUT2D eigenvalue weighted by Crippen LogP contribution is 2.32. The monoisotopic (exact) mass is 266 g/mol. The first-order valence-corrected chi connectivity index (χ1v) is 6.32. The van der Waals surface area contributed by atoms with Gasteiger partial charge >= 0.3 is 0 Å². The van der Waals surface area contributed by atoms with Crippen molar-refractivity contribution in [1.82, 2.24) is 9.38 Å². The average Bonchev–Trinajstić information content (AvgIpc) is 2.85. The van der Waals surface area contributed by atoms with Crippen LogP contribution in [0.15, 0.2) is 42.6 Å². The Morgan fingerprint density at radius 2 is 2.10 bits per heavy atom. The number of fused-ring (bicyclic) bond motifs is 1. The van der Waals surface area contributed by atoms with Gasteiger partial charge in [0.1, 0.15) is 22.8 Å². The molecule has 2 heterocycles. The summed E-state index contributed by atoms with van der Waals surface area (Å²) >= 11 is 0. The Kier molecular flexibility index (Phi) is 2.99. The van der Waals surface area contributed by atoms with Gasteiger partial charge in [-0.25, -0.2) is 4.98 Å². The number of hydrogen-bond acceptors (Lipinski definition) is 3. The third-order valence-electron chi connectivity index (χ3n) is 3.29. The zero-order valence-electron chi connectivity index (χ0n) is 11.3. The van der Waals surface area contributed by atoms with E-state index in [1.165, 1.54) is 0 Å². The predicted octanol–water partition coefficient (Wildman–Crippen LogP) is 3.13. The first-order valence-electron chi connectivity index (χ1n) is 6.32. The minimum Gasteiger partial charge on any atom is -0.496 e. The van der Waals surface area contributed by atoms with Crippen LogP contribution >= 0.6 is 0 Å². The summed E-state index contributed by atoms with van der Waals surface area (Å²) in [6.45, 7) is 2.00. The first kappa shape index (κ1) is 12.4. The second-order valence-electron chi connectivity index (χ2n) is 4.60. The fourth-order valence-electron chi connectivity index (χ4n) is 2.33. The molecule has 4 nitrogen and oxygen atoms in total. The van der Waals surface area contributed by atoms with Gasteiger partial charge in [0.2, 0.25) is 0 Å². The van der Waals surface area contributed by atoms with Crippen molar-refractivity contribution in [1.29, 1.82) is 0 Å². The number of nitrogens with zero attached hydrogens (tertiary/aromatic N) is 2. The summed E-state index contributed by atoms with van der Waals surface area (Å²) in [4.78, 5) is 16.0. The van der Waals surface area contributed by atoms with Gasteiger partial charge in [-0.15, -0.1) is 0 Å². The molecule has 0 atom stereocenters. The van der Waals surface area contributed by atoms with E-state index < -0.39 is 0 Å². The molecule has 0 spiro atoms. The number of ether oxygens (including phenoxy) is 1. The second-order valence-corrected chi connectivity index (χ2v) is 4.60. The summed E-state index contributed by atoms with van der Waals surface area (Å²) in [5, 5.41) is 0. The maximum atomic E-state index is 11.5. The molecule has 20 heavy (non-hydrogen) atoms. The topological polar surface area (TPSA) is 43.6 Å². The zero-order valence-corrected chi connectivity index (χ0v) is 11.3. The van der Waals surface area contributed by atoms with Crippen LogP contribution in [0.4, 0.5) is 0 Å². The summed E-state index contributed by atoms with van der Waals surface area (Å²) in [5.41, 5.74) is 3.84. The lowest BCUT2D eigenvalue weighted by Crippen LogP contribution is -1.94. The van der Waals surface area contributed by atoms with Crippen molar-refractivity contribution in [2.45, 2.75) is 6.92 Å². The van der Waals surface area contributed by atoms with E-state index in [4.69, 9.17) is 4.74 Å². The SMILES string of the molecule is COc1ccc(C)cc1-c1nc2ccccn2c1C=O. The molecule has 1 aromatic carbocycles. The number of aldehydes is 1. The van der Waals surface area contributed by atoms with Crippen LogP contribution < -0.4 is 4.74 Å². The fourth-order valence-corrected chi connectivity index (χ4v) is 2.33. The molecule has 0 radical (unpaired) electrons. The third-order valence-corrected chi connectivity index (χ3v) is 3.29. The van der Waals surface area contributed by atoms with Crippen molar-refractivity contribution in [3.05, 3.63) is 53.9 Å². The van der Waals surface area contributed by atoms with Crippen molar-refractivity contribution in [2.75, 3.05) is 7.11 Å². The number of aromatic nitrogens is 2. The highest BCUT2D eigenvalue weighted by Gasteiger charge is 2.16. The molecule has 0 amide bonds. The molecule has 3 rings (SSSR count). The van der Waals surface area contributed by atoms with E-state index in [0.717, 1.165) is 23.1 Å². The summed E-state index contributed by atoms with van der Waals surface area (Å²) in [6, 6.07) is 11.5. The minimum atomic E-state index is 0.532. The molecule has 0 N–H and O–H groups in total. The Hall–Kier alpha value is -2.62. The molecule has 2 aromatic heterocycles. The van der Waals surface area contributed by atoms with Gasteiger partial charge in [-0.05, 0) is 31.2 Å². The van der Waals surface area contributed by atoms with Gasteiger partial charge in [0.25, 0.3) is 0 Å². The van der Waals surface area contributed by atoms with Crippen LogP contribution in [0.25, 0.3) is 16.9 Å². The maximum Gasteiger partial charge on any atom is 0.169 e. The lowest BCUT2D eigenvalue weighted by atomic mass is 10.1. The Morgan fingerprint density at radius 1 is 1.25 bits per heavy atom. The molecule has 0 bridgehead atoms. The summed E-state index contributed by atoms with van der Waals surface area (Å²) in [7, 11) is 1.62. The van der Waals surface area contributed by atoms with E-state index >= 15 is 0 Å². The van der Waals surface area contributed by atoms with E-state index in [1.807, 2.05) is 49.5 Å². The van der Waals surface area contributed by atoms with Crippen molar-refractivity contribution in [3.8, 4) is 17.0 Å². The number of hydrogen-bond donors (Lipinski definition) is 0. The average molecular weight is 266 g/mol. The van der Waals surface area contributed by atoms with Crippen LogP contribution in [0.2, 0.25) is 0 Å². The number of rotatable bonds is 3. The van der Waals surface area contributed by atoms with Crippen molar-refractivity contribution >= 4 is 11.9 Å². The quantitative estimate of drug-likeness (QED) is 0.684. The highest BCUT2D eigenvalue weighted by atomic mass is 16.5. The standard InChI is InChI=1S/C16H14N2O2/c1-11-6-7-14(20-2)12(9-11)16-13(10-19)18-8-4-3-5-15(18)17-16/h3-10H,1-2H3. The molecular formula is C16H14N2O2. The number of pyridine rings is 1. The van der Waals surface area contributed by atoms with E-state index in [-0.39, 0.29) is 0 Å². The van der Waals surface area contributed by atoms with Gasteiger partial charge in [-0.1, -0.05) is 17.7 Å². The van der Waals surface area contributed by atoms with Gasteiger partial charge in [-0.3, -0.25) is 9.20 Å². The van der Waals surface area contributed by atoms with E-state index in [9.17, 15) is 4.79 Å². The van der Waals surface area contributed by atoms with Crippen molar-refractivity contribution in [2.24, 2.45) is 0 Å². The lowest BCUT2D eigenvalue weighted by Gasteiger charge is -2.07. The molecule has 0 saturated carbocycles. The molecule has 0 aliphatic rings. The number of carbonyl (C=O) groups is 1. The van der Waals surface area contributed by atoms with Crippen LogP contribution in [-0.4, -0.2) is 22.8 Å². The van der Waals surface area contributed by atoms with Crippen molar-refractivity contribution in [3.63, 3.8) is 0 Å². The molecular weight excluding hydrogens is 252 g/mol. The second kappa shape index (κ2) is 4.81. The van der Waals surface area contributed by atoms with E-state index in [2.05, 4.69) is 4.98 Å². The Bertz CT molecular complexity index is 790. The maximum absolute atomic E-state index is 11.5. The number of methoxy groups -OCH3 is 1.